The molecule has 0 saturated heterocycles. The highest BCUT2D eigenvalue weighted by atomic mass is 16.3. The Bertz CT molecular complexity index is 428. The van der Waals surface area contributed by atoms with Crippen molar-refractivity contribution in [2.24, 2.45) is 11.3 Å². The van der Waals surface area contributed by atoms with Gasteiger partial charge in [-0.25, -0.2) is 0 Å². The summed E-state index contributed by atoms with van der Waals surface area (Å²) in [6.07, 6.45) is 1.25. The number of rotatable bonds is 5. The molecule has 1 fully saturated rings. The fraction of sp³-hybridized carbons (Fsp3) is 0.643. The van der Waals surface area contributed by atoms with Crippen LogP contribution in [-0.2, 0) is 6.54 Å². The van der Waals surface area contributed by atoms with Crippen molar-refractivity contribution in [3.63, 3.8) is 0 Å². The van der Waals surface area contributed by atoms with Crippen LogP contribution < -0.4 is 5.32 Å². The molecule has 2 unspecified atom stereocenters. The summed E-state index contributed by atoms with van der Waals surface area (Å²) in [5.74, 6) is 3.50. The monoisotopic (exact) mass is 232 g/mol. The molecule has 3 nitrogen and oxygen atoms in total. The number of hydrogen-bond donors (Lipinski definition) is 1. The first kappa shape index (κ1) is 12.2. The van der Waals surface area contributed by atoms with Crippen LogP contribution in [0.1, 0.15) is 44.6 Å². The Hall–Kier alpha value is -1.27. The van der Waals surface area contributed by atoms with Crippen LogP contribution in [-0.4, -0.2) is 6.54 Å². The van der Waals surface area contributed by atoms with Crippen LogP contribution in [0.5, 0.6) is 0 Å². The van der Waals surface area contributed by atoms with Gasteiger partial charge in [-0.15, -0.1) is 0 Å². The minimum atomic E-state index is -0.319. The van der Waals surface area contributed by atoms with E-state index in [-0.39, 0.29) is 5.41 Å². The Labute approximate surface area is 103 Å². The van der Waals surface area contributed by atoms with Crippen molar-refractivity contribution in [2.45, 2.75) is 39.7 Å². The molecule has 1 aromatic rings. The quantitative estimate of drug-likeness (QED) is 0.848. The third-order valence-electron chi connectivity index (χ3n) is 3.33. The zero-order valence-corrected chi connectivity index (χ0v) is 10.8. The van der Waals surface area contributed by atoms with Gasteiger partial charge in [-0.1, -0.05) is 6.92 Å². The Morgan fingerprint density at radius 1 is 1.53 bits per heavy atom. The van der Waals surface area contributed by atoms with Crippen LogP contribution >= 0.6 is 0 Å². The molecule has 2 atom stereocenters. The van der Waals surface area contributed by atoms with Gasteiger partial charge in [0.2, 0.25) is 0 Å². The maximum atomic E-state index is 8.89. The second-order valence-corrected chi connectivity index (χ2v) is 5.72. The summed E-state index contributed by atoms with van der Waals surface area (Å²) in [6.45, 7) is 7.49. The highest BCUT2D eigenvalue weighted by molar-refractivity contribution is 5.17. The molecule has 1 aliphatic carbocycles. The van der Waals surface area contributed by atoms with Gasteiger partial charge in [0.05, 0.1) is 18.0 Å². The van der Waals surface area contributed by atoms with E-state index in [4.69, 9.17) is 9.68 Å². The Morgan fingerprint density at radius 2 is 2.24 bits per heavy atom. The molecular weight excluding hydrogens is 212 g/mol. The van der Waals surface area contributed by atoms with E-state index in [0.29, 0.717) is 19.0 Å². The van der Waals surface area contributed by atoms with Crippen LogP contribution in [0.15, 0.2) is 16.5 Å². The highest BCUT2D eigenvalue weighted by Gasteiger charge is 2.36. The van der Waals surface area contributed by atoms with E-state index in [0.717, 1.165) is 17.4 Å². The van der Waals surface area contributed by atoms with Crippen LogP contribution in [0.25, 0.3) is 0 Å². The molecule has 1 aliphatic rings. The molecule has 92 valence electrons. The van der Waals surface area contributed by atoms with Crippen LogP contribution in [0, 0.1) is 22.7 Å². The first-order valence-electron chi connectivity index (χ1n) is 6.22. The molecule has 0 radical (unpaired) electrons. The lowest BCUT2D eigenvalue weighted by atomic mass is 9.96. The largest absolute Gasteiger partial charge is 0.464 e. The van der Waals surface area contributed by atoms with Gasteiger partial charge in [0.25, 0.3) is 0 Å². The molecule has 0 aromatic carbocycles. The van der Waals surface area contributed by atoms with Gasteiger partial charge in [-0.2, -0.15) is 5.26 Å². The zero-order chi connectivity index (χ0) is 12.5. The van der Waals surface area contributed by atoms with Crippen molar-refractivity contribution in [1.82, 2.24) is 5.32 Å². The van der Waals surface area contributed by atoms with Crippen molar-refractivity contribution < 1.29 is 4.42 Å². The molecular formula is C14H20N2O. The van der Waals surface area contributed by atoms with Gasteiger partial charge >= 0.3 is 0 Å². The topological polar surface area (TPSA) is 49.0 Å². The predicted molar refractivity (Wildman–Crippen MR) is 66.3 cm³/mol. The van der Waals surface area contributed by atoms with Crippen LogP contribution in [0.3, 0.4) is 0 Å². The van der Waals surface area contributed by atoms with Gasteiger partial charge in [-0.05, 0) is 38.3 Å². The van der Waals surface area contributed by atoms with Crippen LogP contribution in [0.2, 0.25) is 0 Å². The lowest BCUT2D eigenvalue weighted by Crippen LogP contribution is -2.27. The fourth-order valence-electron chi connectivity index (χ4n) is 1.95. The van der Waals surface area contributed by atoms with Crippen molar-refractivity contribution in [2.75, 3.05) is 6.54 Å². The molecule has 1 aromatic heterocycles. The molecule has 0 bridgehead atoms. The molecule has 17 heavy (non-hydrogen) atoms. The smallest absolute Gasteiger partial charge is 0.117 e. The minimum Gasteiger partial charge on any atom is -0.464 e. The second kappa shape index (κ2) is 4.54. The molecule has 1 heterocycles. The zero-order valence-electron chi connectivity index (χ0n) is 10.8. The summed E-state index contributed by atoms with van der Waals surface area (Å²) in [6, 6.07) is 6.39. The van der Waals surface area contributed by atoms with Gasteiger partial charge in [0.15, 0.2) is 0 Å². The van der Waals surface area contributed by atoms with Gasteiger partial charge < -0.3 is 9.73 Å². The average Bonchev–Trinajstić information content (AvgIpc) is 2.83. The van der Waals surface area contributed by atoms with Crippen molar-refractivity contribution in [1.29, 1.82) is 5.26 Å². The summed E-state index contributed by atoms with van der Waals surface area (Å²) in [7, 11) is 0. The first-order chi connectivity index (χ1) is 8.02. The molecule has 1 N–H and O–H groups in total. The third-order valence-corrected chi connectivity index (χ3v) is 3.33. The van der Waals surface area contributed by atoms with Gasteiger partial charge in [-0.3, -0.25) is 0 Å². The van der Waals surface area contributed by atoms with Gasteiger partial charge in [0.1, 0.15) is 11.5 Å². The number of nitriles is 1. The predicted octanol–water partition coefficient (Wildman–Crippen LogP) is 3.04. The molecule has 0 spiro atoms. The summed E-state index contributed by atoms with van der Waals surface area (Å²) in [4.78, 5) is 0. The second-order valence-electron chi connectivity index (χ2n) is 5.72. The molecule has 2 rings (SSSR count). The lowest BCUT2D eigenvalue weighted by Gasteiger charge is -2.14. The van der Waals surface area contributed by atoms with E-state index in [1.807, 2.05) is 19.9 Å². The first-order valence-corrected chi connectivity index (χ1v) is 6.22. The van der Waals surface area contributed by atoms with E-state index in [9.17, 15) is 0 Å². The fourth-order valence-corrected chi connectivity index (χ4v) is 1.95. The molecule has 0 aliphatic heterocycles. The number of nitrogens with one attached hydrogen (secondary N) is 1. The highest BCUT2D eigenvalue weighted by Crippen LogP contribution is 2.47. The van der Waals surface area contributed by atoms with Gasteiger partial charge in [0, 0.05) is 12.5 Å². The third kappa shape index (κ3) is 3.10. The summed E-state index contributed by atoms with van der Waals surface area (Å²) >= 11 is 0. The van der Waals surface area contributed by atoms with Crippen molar-refractivity contribution in [3.8, 4) is 6.07 Å². The summed E-state index contributed by atoms with van der Waals surface area (Å²) in [5, 5.41) is 12.2. The van der Waals surface area contributed by atoms with Crippen molar-refractivity contribution in [3.05, 3.63) is 23.7 Å². The maximum Gasteiger partial charge on any atom is 0.117 e. The SMILES string of the molecule is CC1CC1c1ccc(CNCC(C)(C)C#N)o1. The molecule has 0 amide bonds. The Kier molecular flexibility index (Phi) is 3.26. The average molecular weight is 232 g/mol. The summed E-state index contributed by atoms with van der Waals surface area (Å²) in [5.41, 5.74) is -0.319. The number of furan rings is 1. The summed E-state index contributed by atoms with van der Waals surface area (Å²) < 4.78 is 5.78. The van der Waals surface area contributed by atoms with E-state index in [1.54, 1.807) is 0 Å². The number of hydrogen-bond acceptors (Lipinski definition) is 3. The van der Waals surface area contributed by atoms with Crippen molar-refractivity contribution >= 4 is 0 Å². The standard InChI is InChI=1S/C14H20N2O/c1-10-6-12(10)13-5-4-11(17-13)7-16-9-14(2,3)8-15/h4-5,10,12,16H,6-7,9H2,1-3H3. The maximum absolute atomic E-state index is 8.89. The normalized spacial score (nSPS) is 23.4. The Balaban J connectivity index is 1.80. The van der Waals surface area contributed by atoms with Crippen LogP contribution in [0.4, 0.5) is 0 Å². The lowest BCUT2D eigenvalue weighted by molar-refractivity contribution is 0.404. The number of nitrogens with zero attached hydrogens (tertiary/aromatic N) is 1. The molecule has 3 heteroatoms. The van der Waals surface area contributed by atoms with E-state index in [2.05, 4.69) is 24.4 Å². The molecule has 1 saturated carbocycles. The Morgan fingerprint density at radius 3 is 2.82 bits per heavy atom. The minimum absolute atomic E-state index is 0.319. The van der Waals surface area contributed by atoms with E-state index in [1.165, 1.54) is 6.42 Å². The van der Waals surface area contributed by atoms with E-state index < -0.39 is 0 Å². The van der Waals surface area contributed by atoms with E-state index >= 15 is 0 Å².